The molecule has 1 unspecified atom stereocenters. The van der Waals surface area contributed by atoms with Crippen molar-refractivity contribution < 1.29 is 4.74 Å². The summed E-state index contributed by atoms with van der Waals surface area (Å²) in [6.45, 7) is 0. The molecule has 2 fully saturated rings. The molecule has 4 aromatic rings. The summed E-state index contributed by atoms with van der Waals surface area (Å²) in [5.41, 5.74) is 13.8. The van der Waals surface area contributed by atoms with E-state index in [1.165, 1.54) is 6.42 Å². The lowest BCUT2D eigenvalue weighted by Gasteiger charge is -2.22. The molecule has 158 valence electrons. The highest BCUT2D eigenvalue weighted by atomic mass is 79.9. The van der Waals surface area contributed by atoms with Crippen LogP contribution in [0.4, 0.5) is 11.6 Å². The zero-order chi connectivity index (χ0) is 21.1. The molecule has 4 N–H and O–H groups in total. The van der Waals surface area contributed by atoms with Crippen molar-refractivity contribution in [1.29, 1.82) is 0 Å². The van der Waals surface area contributed by atoms with E-state index < -0.39 is 0 Å². The monoisotopic (exact) mass is 478 g/mol. The second kappa shape index (κ2) is 7.09. The van der Waals surface area contributed by atoms with Gasteiger partial charge in [-0.15, -0.1) is 0 Å². The fraction of sp³-hybridized carbons (Fsp3) is 0.348. The highest BCUT2D eigenvalue weighted by Gasteiger charge is 2.45. The number of halogens is 1. The van der Waals surface area contributed by atoms with Gasteiger partial charge in [-0.2, -0.15) is 0 Å². The van der Waals surface area contributed by atoms with Gasteiger partial charge in [0.2, 0.25) is 0 Å². The maximum atomic E-state index is 6.49. The van der Waals surface area contributed by atoms with Crippen LogP contribution in [0.15, 0.2) is 47.3 Å². The van der Waals surface area contributed by atoms with Crippen LogP contribution >= 0.6 is 15.9 Å². The second-order valence-electron chi connectivity index (χ2n) is 8.71. The predicted octanol–water partition coefficient (Wildman–Crippen LogP) is 4.72. The fourth-order valence-electron chi connectivity index (χ4n) is 5.55. The summed E-state index contributed by atoms with van der Waals surface area (Å²) in [4.78, 5) is 13.1. The molecular weight excluding hydrogens is 456 g/mol. The number of rotatable bonds is 3. The first-order valence-corrected chi connectivity index (χ1v) is 11.5. The third-order valence-electron chi connectivity index (χ3n) is 7.01. The molecule has 0 spiro atoms. The molecule has 6 rings (SSSR count). The first-order valence-electron chi connectivity index (χ1n) is 10.7. The van der Waals surface area contributed by atoms with Crippen LogP contribution < -0.4 is 16.2 Å². The van der Waals surface area contributed by atoms with E-state index >= 15 is 0 Å². The summed E-state index contributed by atoms with van der Waals surface area (Å²) in [5.74, 6) is 3.12. The first-order chi connectivity index (χ1) is 15.1. The van der Waals surface area contributed by atoms with Crippen molar-refractivity contribution in [3.05, 3.63) is 47.3 Å². The first kappa shape index (κ1) is 18.9. The molecule has 0 bridgehead atoms. The van der Waals surface area contributed by atoms with E-state index in [1.54, 1.807) is 6.33 Å². The van der Waals surface area contributed by atoms with E-state index in [-0.39, 0.29) is 6.10 Å². The minimum Gasteiger partial charge on any atom is -0.490 e. The SMILES string of the molecule is Nc1nc2cc(O[C@H]3CCC4C[C@H](n5ccc6c(N)ncnc65)C[C@@H]43)ccc2cc1Br. The van der Waals surface area contributed by atoms with Crippen LogP contribution in [-0.2, 0) is 0 Å². The van der Waals surface area contributed by atoms with Crippen LogP contribution in [0.3, 0.4) is 0 Å². The Morgan fingerprint density at radius 2 is 1.94 bits per heavy atom. The number of hydrogen-bond acceptors (Lipinski definition) is 6. The Labute approximate surface area is 187 Å². The molecule has 1 aromatic carbocycles. The number of nitrogens with zero attached hydrogens (tertiary/aromatic N) is 4. The van der Waals surface area contributed by atoms with Gasteiger partial charge in [0.05, 0.1) is 15.4 Å². The lowest BCUT2D eigenvalue weighted by Crippen LogP contribution is -2.22. The lowest BCUT2D eigenvalue weighted by molar-refractivity contribution is 0.149. The summed E-state index contributed by atoms with van der Waals surface area (Å²) in [5, 5.41) is 1.97. The number of nitrogen functional groups attached to an aromatic ring is 2. The Bertz CT molecular complexity index is 1300. The average molecular weight is 479 g/mol. The lowest BCUT2D eigenvalue weighted by atomic mass is 9.99. The zero-order valence-electron chi connectivity index (χ0n) is 16.9. The fourth-order valence-corrected chi connectivity index (χ4v) is 5.88. The van der Waals surface area contributed by atoms with Gasteiger partial charge in [-0.3, -0.25) is 0 Å². The van der Waals surface area contributed by atoms with Gasteiger partial charge < -0.3 is 20.8 Å². The molecule has 4 atom stereocenters. The standard InChI is InChI=1S/C23H23BrN6O/c24-18-8-13-1-3-15(10-19(13)29-22(18)26)31-20-4-2-12-7-14(9-17(12)20)30-6-5-16-21(25)27-11-28-23(16)30/h1,3,5-6,8,10-12,14,17,20H,2,4,7,9H2,(H2,26,29)(H2,25,27,28)/t12?,14-,17-,20-/m0/s1. The van der Waals surface area contributed by atoms with Crippen LogP contribution in [0.5, 0.6) is 5.75 Å². The van der Waals surface area contributed by atoms with E-state index in [0.29, 0.717) is 29.5 Å². The molecule has 31 heavy (non-hydrogen) atoms. The largest absolute Gasteiger partial charge is 0.490 e. The van der Waals surface area contributed by atoms with Crippen molar-refractivity contribution in [2.45, 2.75) is 37.8 Å². The van der Waals surface area contributed by atoms with E-state index in [0.717, 1.165) is 51.4 Å². The van der Waals surface area contributed by atoms with Gasteiger partial charge in [-0.05, 0) is 71.8 Å². The maximum absolute atomic E-state index is 6.49. The number of aromatic nitrogens is 4. The minimum atomic E-state index is 0.224. The van der Waals surface area contributed by atoms with Crippen molar-refractivity contribution in [3.63, 3.8) is 0 Å². The molecule has 0 amide bonds. The van der Waals surface area contributed by atoms with Gasteiger partial charge in [0.25, 0.3) is 0 Å². The van der Waals surface area contributed by atoms with Crippen LogP contribution in [0.25, 0.3) is 21.9 Å². The number of ether oxygens (including phenoxy) is 1. The molecular formula is C23H23BrN6O. The minimum absolute atomic E-state index is 0.224. The number of pyridine rings is 1. The predicted molar refractivity (Wildman–Crippen MR) is 125 cm³/mol. The normalized spacial score (nSPS) is 25.3. The third-order valence-corrected chi connectivity index (χ3v) is 7.65. The smallest absolute Gasteiger partial charge is 0.145 e. The van der Waals surface area contributed by atoms with Gasteiger partial charge in [0.1, 0.15) is 35.5 Å². The molecule has 2 aliphatic carbocycles. The van der Waals surface area contributed by atoms with Gasteiger partial charge in [0.15, 0.2) is 0 Å². The summed E-state index contributed by atoms with van der Waals surface area (Å²) in [6.07, 6.45) is 8.42. The highest BCUT2D eigenvalue weighted by Crippen LogP contribution is 2.50. The molecule has 8 heteroatoms. The van der Waals surface area contributed by atoms with Gasteiger partial charge >= 0.3 is 0 Å². The summed E-state index contributed by atoms with van der Waals surface area (Å²) >= 11 is 3.44. The summed E-state index contributed by atoms with van der Waals surface area (Å²) < 4.78 is 9.59. The second-order valence-corrected chi connectivity index (χ2v) is 9.57. The number of fused-ring (bicyclic) bond motifs is 3. The molecule has 2 saturated carbocycles. The van der Waals surface area contributed by atoms with Crippen LogP contribution in [0.1, 0.15) is 31.7 Å². The average Bonchev–Trinajstić information content (AvgIpc) is 3.45. The quantitative estimate of drug-likeness (QED) is 0.441. The molecule has 2 aliphatic rings. The van der Waals surface area contributed by atoms with Crippen LogP contribution in [0.2, 0.25) is 0 Å². The van der Waals surface area contributed by atoms with Crippen LogP contribution in [-0.4, -0.2) is 25.6 Å². The van der Waals surface area contributed by atoms with Crippen molar-refractivity contribution in [3.8, 4) is 5.75 Å². The number of benzene rings is 1. The number of nitrogens with two attached hydrogens (primary N) is 2. The maximum Gasteiger partial charge on any atom is 0.145 e. The van der Waals surface area contributed by atoms with Crippen LogP contribution in [0, 0.1) is 11.8 Å². The van der Waals surface area contributed by atoms with Crippen molar-refractivity contribution in [2.75, 3.05) is 11.5 Å². The van der Waals surface area contributed by atoms with Crippen molar-refractivity contribution in [2.24, 2.45) is 11.8 Å². The number of anilines is 2. The van der Waals surface area contributed by atoms with Crippen molar-refractivity contribution >= 4 is 49.5 Å². The van der Waals surface area contributed by atoms with Crippen molar-refractivity contribution in [1.82, 2.24) is 19.5 Å². The summed E-state index contributed by atoms with van der Waals surface area (Å²) in [7, 11) is 0. The number of hydrogen-bond donors (Lipinski definition) is 2. The molecule has 3 aromatic heterocycles. The Balaban J connectivity index is 1.23. The molecule has 0 radical (unpaired) electrons. The van der Waals surface area contributed by atoms with E-state index in [9.17, 15) is 0 Å². The van der Waals surface area contributed by atoms with Gasteiger partial charge in [-0.25, -0.2) is 15.0 Å². The zero-order valence-corrected chi connectivity index (χ0v) is 18.5. The van der Waals surface area contributed by atoms with Gasteiger partial charge in [-0.1, -0.05) is 0 Å². The van der Waals surface area contributed by atoms with E-state index in [1.807, 2.05) is 30.3 Å². The molecule has 7 nitrogen and oxygen atoms in total. The van der Waals surface area contributed by atoms with E-state index in [4.69, 9.17) is 16.2 Å². The molecule has 3 heterocycles. The topological polar surface area (TPSA) is 105 Å². The third kappa shape index (κ3) is 3.12. The Morgan fingerprint density at radius 1 is 1.03 bits per heavy atom. The summed E-state index contributed by atoms with van der Waals surface area (Å²) in [6, 6.07) is 10.5. The Kier molecular flexibility index (Phi) is 4.31. The molecule has 0 aliphatic heterocycles. The molecule has 0 saturated heterocycles. The highest BCUT2D eigenvalue weighted by molar-refractivity contribution is 9.10. The Hall–Kier alpha value is -2.87. The van der Waals surface area contributed by atoms with Gasteiger partial charge in [0, 0.05) is 29.6 Å². The van der Waals surface area contributed by atoms with E-state index in [2.05, 4.69) is 41.6 Å². The Morgan fingerprint density at radius 3 is 2.84 bits per heavy atom.